The highest BCUT2D eigenvalue weighted by Crippen LogP contribution is 2.15. The lowest BCUT2D eigenvalue weighted by molar-refractivity contribution is 0.488. The Morgan fingerprint density at radius 3 is 1.27 bits per heavy atom. The third-order valence-corrected chi connectivity index (χ3v) is 6.32. The van der Waals surface area contributed by atoms with Crippen LogP contribution in [0, 0.1) is 31.6 Å². The van der Waals surface area contributed by atoms with Gasteiger partial charge in [0.25, 0.3) is 0 Å². The molecule has 0 spiro atoms. The van der Waals surface area contributed by atoms with Crippen molar-refractivity contribution in [3.63, 3.8) is 0 Å². The van der Waals surface area contributed by atoms with Crippen LogP contribution in [0.15, 0.2) is 0 Å². The van der Waals surface area contributed by atoms with Crippen molar-refractivity contribution in [3.05, 3.63) is 13.8 Å². The molecule has 0 bridgehead atoms. The zero-order valence-electron chi connectivity index (χ0n) is 21.0. The summed E-state index contributed by atoms with van der Waals surface area (Å²) in [6.45, 7) is 10.2. The van der Waals surface area contributed by atoms with E-state index in [4.69, 9.17) is 0 Å². The van der Waals surface area contributed by atoms with E-state index in [1.807, 2.05) is 0 Å². The van der Waals surface area contributed by atoms with Gasteiger partial charge in [-0.1, -0.05) is 149 Å². The molecule has 0 aromatic heterocycles. The zero-order chi connectivity index (χ0) is 22.0. The molecule has 0 heteroatoms. The summed E-state index contributed by atoms with van der Waals surface area (Å²) in [6, 6.07) is 0. The van der Waals surface area contributed by atoms with E-state index < -0.39 is 0 Å². The van der Waals surface area contributed by atoms with Crippen LogP contribution < -0.4 is 0 Å². The topological polar surface area (TPSA) is 0 Å². The molecule has 0 saturated heterocycles. The minimum atomic E-state index is 0.785. The molecule has 0 amide bonds. The van der Waals surface area contributed by atoms with Gasteiger partial charge in [0.05, 0.1) is 0 Å². The van der Waals surface area contributed by atoms with Gasteiger partial charge in [0.2, 0.25) is 0 Å². The lowest BCUT2D eigenvalue weighted by Gasteiger charge is -2.07. The first-order valence-corrected chi connectivity index (χ1v) is 13.9. The molecule has 1 atom stereocenters. The molecule has 0 aromatic carbocycles. The molecule has 2 radical (unpaired) electrons. The molecule has 0 saturated carbocycles. The smallest absolute Gasteiger partial charge is 0.0114 e. The maximum Gasteiger partial charge on any atom is 0.0114 e. The molecule has 0 nitrogen and oxygen atoms in total. The normalized spacial score (nSPS) is 12.0. The molecule has 0 aromatic rings. The molecular formula is C30H56. The molecule has 0 fully saturated rings. The van der Waals surface area contributed by atoms with E-state index in [1.165, 1.54) is 128 Å². The Labute approximate surface area is 192 Å². The van der Waals surface area contributed by atoms with Gasteiger partial charge in [-0.3, -0.25) is 0 Å². The van der Waals surface area contributed by atoms with Crippen LogP contribution in [0.2, 0.25) is 0 Å². The van der Waals surface area contributed by atoms with E-state index >= 15 is 0 Å². The van der Waals surface area contributed by atoms with E-state index in [9.17, 15) is 0 Å². The standard InChI is InChI=1S/C30H56/c1-4-6-8-10-12-14-15-16-17-18-19-21-23-25-27-29-30(3)28-26-24-22-20-13-11-9-7-5-2/h30H,1-2,4-24,26,28-29H2,3H3. The highest BCUT2D eigenvalue weighted by Gasteiger charge is 2.00. The van der Waals surface area contributed by atoms with Crippen molar-refractivity contribution in [1.82, 2.24) is 0 Å². The molecule has 30 heavy (non-hydrogen) atoms. The quantitative estimate of drug-likeness (QED) is 0.115. The van der Waals surface area contributed by atoms with E-state index in [0.717, 1.165) is 31.6 Å². The molecule has 0 aliphatic heterocycles. The molecule has 0 aliphatic carbocycles. The molecule has 0 N–H and O–H groups in total. The van der Waals surface area contributed by atoms with Gasteiger partial charge in [0.15, 0.2) is 0 Å². The lowest BCUT2D eigenvalue weighted by atomic mass is 9.99. The Kier molecular flexibility index (Phi) is 26.2. The second-order valence-electron chi connectivity index (χ2n) is 9.63. The second kappa shape index (κ2) is 26.6. The molecule has 0 rings (SSSR count). The monoisotopic (exact) mass is 416 g/mol. The summed E-state index contributed by atoms with van der Waals surface area (Å²) >= 11 is 0. The summed E-state index contributed by atoms with van der Waals surface area (Å²) in [6.07, 6.45) is 32.5. The first kappa shape index (κ1) is 29.6. The number of hydrogen-bond acceptors (Lipinski definition) is 0. The number of rotatable bonds is 23. The Hall–Kier alpha value is -0.440. The third kappa shape index (κ3) is 25.6. The van der Waals surface area contributed by atoms with Crippen LogP contribution in [-0.4, -0.2) is 0 Å². The summed E-state index contributed by atoms with van der Waals surface area (Å²) in [5.74, 6) is 7.66. The maximum atomic E-state index is 3.91. The summed E-state index contributed by atoms with van der Waals surface area (Å²) in [7, 11) is 0. The largest absolute Gasteiger partial charge is 0.103 e. The molecule has 0 aliphatic rings. The van der Waals surface area contributed by atoms with Crippen LogP contribution in [0.3, 0.4) is 0 Å². The van der Waals surface area contributed by atoms with Gasteiger partial charge in [-0.05, 0) is 18.8 Å². The molecular weight excluding hydrogens is 360 g/mol. The molecule has 0 heterocycles. The average Bonchev–Trinajstić information content (AvgIpc) is 2.75. The van der Waals surface area contributed by atoms with Gasteiger partial charge < -0.3 is 0 Å². The van der Waals surface area contributed by atoms with Crippen LogP contribution in [0.1, 0.15) is 161 Å². The van der Waals surface area contributed by atoms with Crippen molar-refractivity contribution in [2.24, 2.45) is 5.92 Å². The lowest BCUT2D eigenvalue weighted by Crippen LogP contribution is -1.93. The fraction of sp³-hybridized carbons (Fsp3) is 0.867. The SMILES string of the molecule is [CH2]CCCCCCCCCCCCCC#CCC(C)CCCCCCCCCC[CH2]. The predicted octanol–water partition coefficient (Wildman–Crippen LogP) is 10.7. The first-order chi connectivity index (χ1) is 14.8. The van der Waals surface area contributed by atoms with Crippen molar-refractivity contribution in [2.75, 3.05) is 0 Å². The number of hydrogen-bond donors (Lipinski definition) is 0. The Morgan fingerprint density at radius 1 is 0.467 bits per heavy atom. The van der Waals surface area contributed by atoms with Crippen molar-refractivity contribution in [3.8, 4) is 11.8 Å². The van der Waals surface area contributed by atoms with E-state index in [0.29, 0.717) is 0 Å². The number of unbranched alkanes of at least 4 members (excludes halogenated alkanes) is 20. The van der Waals surface area contributed by atoms with Gasteiger partial charge in [0.1, 0.15) is 0 Å². The predicted molar refractivity (Wildman–Crippen MR) is 138 cm³/mol. The zero-order valence-corrected chi connectivity index (χ0v) is 21.0. The van der Waals surface area contributed by atoms with Gasteiger partial charge in [-0.25, -0.2) is 0 Å². The van der Waals surface area contributed by atoms with Gasteiger partial charge in [0, 0.05) is 12.8 Å². The van der Waals surface area contributed by atoms with Crippen molar-refractivity contribution in [1.29, 1.82) is 0 Å². The summed E-state index contributed by atoms with van der Waals surface area (Å²) in [4.78, 5) is 0. The summed E-state index contributed by atoms with van der Waals surface area (Å²) < 4.78 is 0. The summed E-state index contributed by atoms with van der Waals surface area (Å²) in [5, 5.41) is 0. The van der Waals surface area contributed by atoms with Crippen molar-refractivity contribution in [2.45, 2.75) is 161 Å². The minimum Gasteiger partial charge on any atom is -0.103 e. The fourth-order valence-corrected chi connectivity index (χ4v) is 4.15. The van der Waals surface area contributed by atoms with E-state index in [2.05, 4.69) is 32.6 Å². The van der Waals surface area contributed by atoms with Crippen LogP contribution in [-0.2, 0) is 0 Å². The van der Waals surface area contributed by atoms with Gasteiger partial charge >= 0.3 is 0 Å². The second-order valence-corrected chi connectivity index (χ2v) is 9.63. The molecule has 176 valence electrons. The highest BCUT2D eigenvalue weighted by atomic mass is 14.1. The van der Waals surface area contributed by atoms with E-state index in [-0.39, 0.29) is 0 Å². The van der Waals surface area contributed by atoms with E-state index in [1.54, 1.807) is 0 Å². The first-order valence-electron chi connectivity index (χ1n) is 13.9. The Morgan fingerprint density at radius 2 is 0.833 bits per heavy atom. The minimum absolute atomic E-state index is 0.785. The van der Waals surface area contributed by atoms with Crippen LogP contribution >= 0.6 is 0 Å². The van der Waals surface area contributed by atoms with Crippen molar-refractivity contribution >= 4 is 0 Å². The van der Waals surface area contributed by atoms with Gasteiger partial charge in [-0.2, -0.15) is 0 Å². The van der Waals surface area contributed by atoms with Crippen molar-refractivity contribution < 1.29 is 0 Å². The van der Waals surface area contributed by atoms with Crippen LogP contribution in [0.5, 0.6) is 0 Å². The van der Waals surface area contributed by atoms with Crippen LogP contribution in [0.25, 0.3) is 0 Å². The highest BCUT2D eigenvalue weighted by molar-refractivity contribution is 4.99. The van der Waals surface area contributed by atoms with Gasteiger partial charge in [-0.15, -0.1) is 11.8 Å². The van der Waals surface area contributed by atoms with Crippen LogP contribution in [0.4, 0.5) is 0 Å². The fourth-order valence-electron chi connectivity index (χ4n) is 4.15. The summed E-state index contributed by atoms with van der Waals surface area (Å²) in [5.41, 5.74) is 0. The Bertz CT molecular complexity index is 358. The maximum absolute atomic E-state index is 3.91. The Balaban J connectivity index is 3.24. The average molecular weight is 417 g/mol. The molecule has 1 unspecified atom stereocenters. The third-order valence-electron chi connectivity index (χ3n) is 6.32.